The molecule has 3 rings (SSSR count). The van der Waals surface area contributed by atoms with Gasteiger partial charge >= 0.3 is 34.5 Å². The molecule has 0 saturated heterocycles. The first-order chi connectivity index (χ1) is 11.0. The molecule has 24 heavy (non-hydrogen) atoms. The van der Waals surface area contributed by atoms with Crippen molar-refractivity contribution in [1.29, 1.82) is 0 Å². The van der Waals surface area contributed by atoms with Crippen molar-refractivity contribution in [2.75, 3.05) is 33.1 Å². The fourth-order valence-corrected chi connectivity index (χ4v) is 3.19. The van der Waals surface area contributed by atoms with E-state index in [0.717, 1.165) is 11.2 Å². The number of hydrogen-bond acceptors (Lipinski definition) is 3. The normalized spacial score (nSPS) is 9.58. The van der Waals surface area contributed by atoms with Crippen LogP contribution in [0.4, 0.5) is 5.69 Å². The van der Waals surface area contributed by atoms with Crippen molar-refractivity contribution in [3.63, 3.8) is 0 Å². The Kier molecular flexibility index (Phi) is 8.90. The molecular weight excluding hydrogens is 438 g/mol. The van der Waals surface area contributed by atoms with Crippen molar-refractivity contribution in [3.8, 4) is 10.6 Å². The van der Waals surface area contributed by atoms with Gasteiger partial charge in [0.25, 0.3) is 0 Å². The molecule has 0 amide bonds. The number of nitrogens with zero attached hydrogens (tertiary/aromatic N) is 3. The van der Waals surface area contributed by atoms with Gasteiger partial charge in [-0.3, -0.25) is 0 Å². The van der Waals surface area contributed by atoms with E-state index in [1.165, 1.54) is 20.6 Å². The van der Waals surface area contributed by atoms with E-state index in [1.807, 2.05) is 0 Å². The summed E-state index contributed by atoms with van der Waals surface area (Å²) in [5.41, 5.74) is 3.33. The fourth-order valence-electron chi connectivity index (χ4n) is 2.16. The summed E-state index contributed by atoms with van der Waals surface area (Å²) in [6.45, 7) is 0. The molecule has 0 bridgehead atoms. The van der Waals surface area contributed by atoms with Gasteiger partial charge in [-0.15, -0.1) is 11.3 Å². The monoisotopic (exact) mass is 453 g/mol. The molecule has 0 N–H and O–H groups in total. The van der Waals surface area contributed by atoms with Crippen LogP contribution in [0.5, 0.6) is 0 Å². The van der Waals surface area contributed by atoms with Crippen LogP contribution >= 0.6 is 30.7 Å². The Morgan fingerprint density at radius 1 is 1.08 bits per heavy atom. The van der Waals surface area contributed by atoms with E-state index in [9.17, 15) is 0 Å². The molecule has 1 aliphatic heterocycles. The second-order valence-electron chi connectivity index (χ2n) is 5.41. The van der Waals surface area contributed by atoms with Crippen LogP contribution in [0.3, 0.4) is 0 Å². The SMILES string of the molecule is CN(C)c1ccc2nc3ccc(=[N+](C)C)cc-3sc2c1.[Cl-].[Cl][Zn][Cl]. The molecule has 1 aliphatic carbocycles. The van der Waals surface area contributed by atoms with Crippen LogP contribution < -0.4 is 27.2 Å². The van der Waals surface area contributed by atoms with Gasteiger partial charge in [0.05, 0.1) is 20.8 Å². The Morgan fingerprint density at radius 2 is 1.75 bits per heavy atom. The van der Waals surface area contributed by atoms with Gasteiger partial charge in [0.1, 0.15) is 14.1 Å². The van der Waals surface area contributed by atoms with Crippen LogP contribution in [0.25, 0.3) is 20.8 Å². The summed E-state index contributed by atoms with van der Waals surface area (Å²) in [5, 5.41) is 1.21. The zero-order chi connectivity index (χ0) is 17.0. The third-order valence-corrected chi connectivity index (χ3v) is 4.47. The first kappa shape index (κ1) is 21.6. The second kappa shape index (κ2) is 9.89. The number of halogens is 3. The van der Waals surface area contributed by atoms with E-state index >= 15 is 0 Å². The molecule has 0 fully saturated rings. The number of rotatable bonds is 1. The zero-order valence-electron chi connectivity index (χ0n) is 14.1. The Labute approximate surface area is 168 Å². The number of aromatic nitrogens is 1. The third kappa shape index (κ3) is 5.27. The molecule has 0 unspecified atom stereocenters. The van der Waals surface area contributed by atoms with Gasteiger partial charge in [-0.25, -0.2) is 9.56 Å². The summed E-state index contributed by atoms with van der Waals surface area (Å²) in [6.07, 6.45) is 0. The average molecular weight is 456 g/mol. The molecule has 0 spiro atoms. The van der Waals surface area contributed by atoms with Crippen LogP contribution in [0.15, 0.2) is 36.4 Å². The number of anilines is 1. The molecule has 0 saturated carbocycles. The number of fused-ring (bicyclic) bond motifs is 2. The molecule has 2 aliphatic rings. The van der Waals surface area contributed by atoms with Crippen LogP contribution in [0.2, 0.25) is 0 Å². The zero-order valence-corrected chi connectivity index (χ0v) is 20.1. The molecular formula is C16H18Cl3N3SZn. The minimum atomic E-state index is -0.931. The maximum absolute atomic E-state index is 4.95. The number of benzene rings is 2. The summed E-state index contributed by atoms with van der Waals surface area (Å²) < 4.78 is 3.34. The first-order valence-corrected chi connectivity index (χ1v) is 15.7. The predicted octanol–water partition coefficient (Wildman–Crippen LogP) is 0.879. The standard InChI is InChI=1S/C16H18N3S.3ClH.Zn/c1-18(2)11-5-7-13-15(9-11)20-16-10-12(19(3)4)6-8-14(16)17-13;;;;/h5-10H,1-4H3;3*1H;/q+1;;;;+2/p-3. The summed E-state index contributed by atoms with van der Waals surface area (Å²) in [5.74, 6) is 0. The van der Waals surface area contributed by atoms with Crippen molar-refractivity contribution in [3.05, 3.63) is 41.8 Å². The predicted molar refractivity (Wildman–Crippen MR) is 99.4 cm³/mol. The molecule has 0 aromatic heterocycles. The molecule has 126 valence electrons. The summed E-state index contributed by atoms with van der Waals surface area (Å²) in [7, 11) is 18.1. The van der Waals surface area contributed by atoms with E-state index in [-0.39, 0.29) is 12.4 Å². The van der Waals surface area contributed by atoms with Gasteiger partial charge in [0.15, 0.2) is 0 Å². The Hall–Kier alpha value is -0.447. The van der Waals surface area contributed by atoms with E-state index < -0.39 is 15.1 Å². The summed E-state index contributed by atoms with van der Waals surface area (Å²) in [4.78, 5) is 8.09. The molecule has 1 heterocycles. The molecule has 1 aromatic rings. The van der Waals surface area contributed by atoms with E-state index in [0.29, 0.717) is 0 Å². The first-order valence-electron chi connectivity index (χ1n) is 7.10. The average Bonchev–Trinajstić information content (AvgIpc) is 2.52. The van der Waals surface area contributed by atoms with Gasteiger partial charge in [0.2, 0.25) is 5.36 Å². The Morgan fingerprint density at radius 3 is 2.33 bits per heavy atom. The van der Waals surface area contributed by atoms with Crippen LogP contribution in [0, 0.1) is 0 Å². The molecule has 3 nitrogen and oxygen atoms in total. The van der Waals surface area contributed by atoms with Gasteiger partial charge < -0.3 is 17.3 Å². The van der Waals surface area contributed by atoms with Crippen molar-refractivity contribution >= 4 is 46.6 Å². The van der Waals surface area contributed by atoms with Gasteiger partial charge in [-0.05, 0) is 24.3 Å². The third-order valence-electron chi connectivity index (χ3n) is 3.38. The van der Waals surface area contributed by atoms with Crippen LogP contribution in [0.1, 0.15) is 0 Å². The minimum absolute atomic E-state index is 0. The molecule has 0 atom stereocenters. The van der Waals surface area contributed by atoms with Gasteiger partial charge in [-0.2, -0.15) is 0 Å². The maximum atomic E-state index is 4.95. The number of hydrogen-bond donors (Lipinski definition) is 0. The fraction of sp³-hybridized carbons (Fsp3) is 0.250. The van der Waals surface area contributed by atoms with E-state index in [1.54, 1.807) is 11.3 Å². The molecule has 8 heteroatoms. The second-order valence-corrected chi connectivity index (χ2v) is 11.1. The van der Waals surface area contributed by atoms with Crippen molar-refractivity contribution in [2.45, 2.75) is 0 Å². The van der Waals surface area contributed by atoms with Crippen molar-refractivity contribution in [1.82, 2.24) is 9.56 Å². The van der Waals surface area contributed by atoms with Crippen molar-refractivity contribution in [2.24, 2.45) is 0 Å². The van der Waals surface area contributed by atoms with Gasteiger partial charge in [0, 0.05) is 31.9 Å². The van der Waals surface area contributed by atoms with E-state index in [4.69, 9.17) is 24.4 Å². The Bertz CT molecular complexity index is 847. The van der Waals surface area contributed by atoms with E-state index in [2.05, 4.69) is 74.1 Å². The van der Waals surface area contributed by atoms with Crippen LogP contribution in [-0.4, -0.2) is 33.2 Å². The van der Waals surface area contributed by atoms with Crippen LogP contribution in [-0.2, 0) is 15.1 Å². The van der Waals surface area contributed by atoms with Crippen molar-refractivity contribution < 1.29 is 27.6 Å². The molecule has 0 radical (unpaired) electrons. The van der Waals surface area contributed by atoms with Gasteiger partial charge in [-0.1, -0.05) is 0 Å². The summed E-state index contributed by atoms with van der Waals surface area (Å²) in [6, 6.07) is 12.8. The Balaban J connectivity index is 0.000000671. The topological polar surface area (TPSA) is 19.1 Å². The quantitative estimate of drug-likeness (QED) is 0.308. The molecule has 1 aromatic carbocycles. The summed E-state index contributed by atoms with van der Waals surface area (Å²) >= 11 is 0.868.